The average Bonchev–Trinajstić information content (AvgIpc) is 3.17. The van der Waals surface area contributed by atoms with Gasteiger partial charge in [0.1, 0.15) is 16.4 Å². The van der Waals surface area contributed by atoms with Crippen LogP contribution in [0.1, 0.15) is 27.2 Å². The van der Waals surface area contributed by atoms with Crippen molar-refractivity contribution in [3.8, 4) is 11.3 Å². The molecule has 2 heterocycles. The van der Waals surface area contributed by atoms with Gasteiger partial charge in [-0.25, -0.2) is 4.52 Å². The molecule has 34 heavy (non-hydrogen) atoms. The van der Waals surface area contributed by atoms with E-state index in [0.717, 1.165) is 16.7 Å². The van der Waals surface area contributed by atoms with Crippen LogP contribution in [-0.2, 0) is 6.42 Å². The van der Waals surface area contributed by atoms with Gasteiger partial charge in [-0.15, -0.1) is 0 Å². The molecule has 0 fully saturated rings. The number of thiazole rings is 1. The van der Waals surface area contributed by atoms with Crippen LogP contribution in [0.4, 0.5) is 5.00 Å². The Bertz CT molecular complexity index is 1540. The standard InChI is InChI=1S/C26H19ClN4O2S/c1-16-7-9-18(10-8-16)22-25(28-23(32)19-11-13-20(27)14-12-19)34-26-29-24(33)21(30-31(22)26)15-17-5-3-2-4-6-17/h2-14H,15H2,1H3,(H,28,32). The second kappa shape index (κ2) is 9.21. The molecule has 0 aliphatic rings. The fourth-order valence-electron chi connectivity index (χ4n) is 3.58. The summed E-state index contributed by atoms with van der Waals surface area (Å²) < 4.78 is 1.65. The minimum atomic E-state index is -0.379. The van der Waals surface area contributed by atoms with E-state index in [1.807, 2.05) is 61.5 Å². The highest BCUT2D eigenvalue weighted by Gasteiger charge is 2.20. The minimum absolute atomic E-state index is 0.288. The van der Waals surface area contributed by atoms with Gasteiger partial charge in [-0.3, -0.25) is 9.59 Å². The quantitative estimate of drug-likeness (QED) is 0.349. The molecule has 0 saturated carbocycles. The maximum atomic E-state index is 13.0. The Kier molecular flexibility index (Phi) is 5.96. The summed E-state index contributed by atoms with van der Waals surface area (Å²) in [7, 11) is 0. The first-order chi connectivity index (χ1) is 16.5. The summed E-state index contributed by atoms with van der Waals surface area (Å²) in [6, 6.07) is 24.2. The highest BCUT2D eigenvalue weighted by atomic mass is 35.5. The first-order valence-corrected chi connectivity index (χ1v) is 11.8. The maximum Gasteiger partial charge on any atom is 0.296 e. The molecule has 3 aromatic carbocycles. The highest BCUT2D eigenvalue weighted by Crippen LogP contribution is 2.35. The lowest BCUT2D eigenvalue weighted by Gasteiger charge is -2.08. The van der Waals surface area contributed by atoms with Gasteiger partial charge in [0, 0.05) is 22.6 Å². The highest BCUT2D eigenvalue weighted by molar-refractivity contribution is 7.21. The third-order valence-corrected chi connectivity index (χ3v) is 6.54. The van der Waals surface area contributed by atoms with Crippen molar-refractivity contribution in [1.82, 2.24) is 14.6 Å². The molecule has 0 radical (unpaired) electrons. The molecule has 0 spiro atoms. The zero-order valence-electron chi connectivity index (χ0n) is 18.2. The summed E-state index contributed by atoms with van der Waals surface area (Å²) >= 11 is 7.17. The first kappa shape index (κ1) is 22.0. The smallest absolute Gasteiger partial charge is 0.296 e. The zero-order valence-corrected chi connectivity index (χ0v) is 19.7. The molecule has 0 unspecified atom stereocenters. The summed E-state index contributed by atoms with van der Waals surface area (Å²) in [5.74, 6) is -0.288. The number of aromatic nitrogens is 3. The molecule has 8 heteroatoms. The number of benzene rings is 3. The second-order valence-electron chi connectivity index (χ2n) is 7.83. The van der Waals surface area contributed by atoms with Crippen molar-refractivity contribution in [3.05, 3.63) is 117 Å². The Morgan fingerprint density at radius 1 is 1.00 bits per heavy atom. The number of nitrogens with zero attached hydrogens (tertiary/aromatic N) is 3. The number of amides is 1. The van der Waals surface area contributed by atoms with Gasteiger partial charge in [0.2, 0.25) is 4.96 Å². The summed E-state index contributed by atoms with van der Waals surface area (Å²) in [6.07, 6.45) is 0.366. The number of hydrogen-bond acceptors (Lipinski definition) is 5. The predicted molar refractivity (Wildman–Crippen MR) is 136 cm³/mol. The van der Waals surface area contributed by atoms with Crippen molar-refractivity contribution in [2.24, 2.45) is 0 Å². The van der Waals surface area contributed by atoms with Gasteiger partial charge in [0.15, 0.2) is 0 Å². The first-order valence-electron chi connectivity index (χ1n) is 10.6. The maximum absolute atomic E-state index is 13.0. The number of aryl methyl sites for hydroxylation is 1. The predicted octanol–water partition coefficient (Wildman–Crippen LogP) is 5.62. The van der Waals surface area contributed by atoms with Crippen LogP contribution in [0.5, 0.6) is 0 Å². The van der Waals surface area contributed by atoms with Crippen LogP contribution in [0.25, 0.3) is 16.2 Å². The van der Waals surface area contributed by atoms with E-state index in [2.05, 4.69) is 15.4 Å². The van der Waals surface area contributed by atoms with Gasteiger partial charge in [0.05, 0.1) is 0 Å². The molecule has 0 atom stereocenters. The van der Waals surface area contributed by atoms with Crippen molar-refractivity contribution in [2.75, 3.05) is 5.32 Å². The summed E-state index contributed by atoms with van der Waals surface area (Å²) in [5.41, 5.74) is 4.03. The van der Waals surface area contributed by atoms with Crippen molar-refractivity contribution in [2.45, 2.75) is 13.3 Å². The van der Waals surface area contributed by atoms with E-state index in [4.69, 9.17) is 11.6 Å². The van der Waals surface area contributed by atoms with E-state index in [1.165, 1.54) is 11.3 Å². The van der Waals surface area contributed by atoms with Gasteiger partial charge in [-0.1, -0.05) is 83.1 Å². The van der Waals surface area contributed by atoms with E-state index in [9.17, 15) is 9.59 Å². The number of anilines is 1. The molecule has 0 aliphatic carbocycles. The van der Waals surface area contributed by atoms with Gasteiger partial charge >= 0.3 is 0 Å². The van der Waals surface area contributed by atoms with Crippen molar-refractivity contribution < 1.29 is 4.79 Å². The molecular formula is C26H19ClN4O2S. The normalized spacial score (nSPS) is 11.0. The van der Waals surface area contributed by atoms with E-state index < -0.39 is 0 Å². The number of hydrogen-bond donors (Lipinski definition) is 1. The van der Waals surface area contributed by atoms with E-state index >= 15 is 0 Å². The average molecular weight is 487 g/mol. The fourth-order valence-corrected chi connectivity index (χ4v) is 4.68. The zero-order chi connectivity index (χ0) is 23.7. The van der Waals surface area contributed by atoms with Crippen LogP contribution in [-0.4, -0.2) is 20.5 Å². The Morgan fingerprint density at radius 3 is 2.41 bits per heavy atom. The number of halogens is 1. The molecule has 1 amide bonds. The lowest BCUT2D eigenvalue weighted by molar-refractivity contribution is 0.102. The summed E-state index contributed by atoms with van der Waals surface area (Å²) in [6.45, 7) is 2.01. The third-order valence-electron chi connectivity index (χ3n) is 5.34. The Balaban J connectivity index is 1.63. The van der Waals surface area contributed by atoms with Gasteiger partial charge < -0.3 is 5.32 Å². The number of carbonyl (C=O) groups excluding carboxylic acids is 1. The second-order valence-corrected chi connectivity index (χ2v) is 9.24. The van der Waals surface area contributed by atoms with Crippen LogP contribution >= 0.6 is 22.9 Å². The molecule has 0 aliphatic heterocycles. The van der Waals surface area contributed by atoms with Crippen LogP contribution < -0.4 is 10.9 Å². The molecule has 168 valence electrons. The topological polar surface area (TPSA) is 76.4 Å². The monoisotopic (exact) mass is 486 g/mol. The van der Waals surface area contributed by atoms with E-state index in [-0.39, 0.29) is 11.5 Å². The number of nitrogens with one attached hydrogen (secondary N) is 1. The molecule has 5 aromatic rings. The van der Waals surface area contributed by atoms with Crippen molar-refractivity contribution in [1.29, 1.82) is 0 Å². The molecule has 0 saturated heterocycles. The molecule has 6 nitrogen and oxygen atoms in total. The number of rotatable bonds is 5. The largest absolute Gasteiger partial charge is 0.312 e. The van der Waals surface area contributed by atoms with E-state index in [0.29, 0.717) is 38.4 Å². The van der Waals surface area contributed by atoms with Crippen LogP contribution in [0.2, 0.25) is 5.02 Å². The van der Waals surface area contributed by atoms with Crippen LogP contribution in [0.15, 0.2) is 83.7 Å². The summed E-state index contributed by atoms with van der Waals surface area (Å²) in [5, 5.41) is 8.74. The fraction of sp³-hybridized carbons (Fsp3) is 0.0769. The van der Waals surface area contributed by atoms with Crippen molar-refractivity contribution in [3.63, 3.8) is 0 Å². The number of carbonyl (C=O) groups is 1. The lowest BCUT2D eigenvalue weighted by atomic mass is 10.1. The van der Waals surface area contributed by atoms with Gasteiger partial charge in [0.25, 0.3) is 11.5 Å². The Morgan fingerprint density at radius 2 is 1.71 bits per heavy atom. The SMILES string of the molecule is Cc1ccc(-c2c(NC(=O)c3ccc(Cl)cc3)sc3nc(=O)c(Cc4ccccc4)nn23)cc1. The number of fused-ring (bicyclic) bond motifs is 1. The minimum Gasteiger partial charge on any atom is -0.312 e. The lowest BCUT2D eigenvalue weighted by Crippen LogP contribution is -2.18. The van der Waals surface area contributed by atoms with Crippen LogP contribution in [0, 0.1) is 6.92 Å². The van der Waals surface area contributed by atoms with E-state index in [1.54, 1.807) is 28.8 Å². The molecule has 1 N–H and O–H groups in total. The molecular weight excluding hydrogens is 468 g/mol. The van der Waals surface area contributed by atoms with Crippen LogP contribution in [0.3, 0.4) is 0 Å². The molecule has 0 bridgehead atoms. The van der Waals surface area contributed by atoms with Gasteiger partial charge in [-0.2, -0.15) is 10.1 Å². The van der Waals surface area contributed by atoms with Crippen molar-refractivity contribution >= 4 is 38.8 Å². The third kappa shape index (κ3) is 4.48. The summed E-state index contributed by atoms with van der Waals surface area (Å²) in [4.78, 5) is 30.4. The Labute approximate surface area is 204 Å². The Hall–Kier alpha value is -3.81. The van der Waals surface area contributed by atoms with Gasteiger partial charge in [-0.05, 0) is 36.8 Å². The molecule has 2 aromatic heterocycles. The molecule has 5 rings (SSSR count).